The van der Waals surface area contributed by atoms with Crippen molar-refractivity contribution in [3.05, 3.63) is 29.6 Å². The maximum Gasteiger partial charge on any atom is 0.494 e. The number of hydrogen-bond acceptors (Lipinski definition) is 3. The van der Waals surface area contributed by atoms with Gasteiger partial charge in [0.1, 0.15) is 5.82 Å². The number of halogens is 3. The van der Waals surface area contributed by atoms with Gasteiger partial charge in [0.15, 0.2) is 0 Å². The third kappa shape index (κ3) is 3.49. The quantitative estimate of drug-likeness (QED) is 0.753. The molecule has 0 aliphatic carbocycles. The topological polar surface area (TPSA) is 38.8 Å². The highest BCUT2D eigenvalue weighted by Crippen LogP contribution is 2.36. The normalized spacial score (nSPS) is 24.0. The van der Waals surface area contributed by atoms with Crippen molar-refractivity contribution in [3.8, 4) is 0 Å². The van der Waals surface area contributed by atoms with Crippen molar-refractivity contribution in [2.45, 2.75) is 57.7 Å². The van der Waals surface area contributed by atoms with Gasteiger partial charge in [0.25, 0.3) is 11.8 Å². The van der Waals surface area contributed by atoms with Gasteiger partial charge in [0.05, 0.1) is 16.8 Å². The first-order chi connectivity index (χ1) is 11.9. The van der Waals surface area contributed by atoms with E-state index in [1.54, 1.807) is 6.07 Å². The van der Waals surface area contributed by atoms with Crippen LogP contribution in [-0.2, 0) is 9.31 Å². The summed E-state index contributed by atoms with van der Waals surface area (Å²) in [7, 11) is -0.729. The average Bonchev–Trinajstić information content (AvgIpc) is 2.75. The van der Waals surface area contributed by atoms with Crippen LogP contribution < -0.4 is 5.46 Å². The summed E-state index contributed by atoms with van der Waals surface area (Å²) in [6.07, 6.45) is -0.793. The highest BCUT2D eigenvalue weighted by molar-refractivity contribution is 6.62. The molecule has 142 valence electrons. The van der Waals surface area contributed by atoms with Crippen LogP contribution in [0.25, 0.3) is 0 Å². The van der Waals surface area contributed by atoms with Gasteiger partial charge in [-0.25, -0.2) is 13.2 Å². The molecule has 0 aromatic heterocycles. The predicted octanol–water partition coefficient (Wildman–Crippen LogP) is 3.00. The third-order valence-electron chi connectivity index (χ3n) is 5.53. The zero-order valence-corrected chi connectivity index (χ0v) is 15.4. The molecule has 0 saturated carbocycles. The monoisotopic (exact) mass is 369 g/mol. The van der Waals surface area contributed by atoms with Crippen molar-refractivity contribution in [1.82, 2.24) is 4.90 Å². The number of amides is 1. The number of hydrogen-bond donors (Lipinski definition) is 0. The minimum absolute atomic E-state index is 0.0791. The van der Waals surface area contributed by atoms with Crippen LogP contribution in [0, 0.1) is 5.82 Å². The highest BCUT2D eigenvalue weighted by atomic mass is 19.3. The first-order valence-electron chi connectivity index (χ1n) is 8.74. The Labute approximate surface area is 151 Å². The number of rotatable bonds is 2. The zero-order valence-electron chi connectivity index (χ0n) is 15.4. The Morgan fingerprint density at radius 3 is 2.12 bits per heavy atom. The lowest BCUT2D eigenvalue weighted by Crippen LogP contribution is -2.43. The third-order valence-corrected chi connectivity index (χ3v) is 5.53. The fourth-order valence-electron chi connectivity index (χ4n) is 3.04. The molecule has 0 radical (unpaired) electrons. The Kier molecular flexibility index (Phi) is 4.64. The number of benzene rings is 1. The van der Waals surface area contributed by atoms with Crippen molar-refractivity contribution >= 4 is 18.5 Å². The molecule has 1 aromatic rings. The zero-order chi connectivity index (χ0) is 19.3. The molecule has 0 spiro atoms. The van der Waals surface area contributed by atoms with Crippen molar-refractivity contribution in [1.29, 1.82) is 0 Å². The molecule has 0 N–H and O–H groups in total. The molecular formula is C18H23BF3NO3. The summed E-state index contributed by atoms with van der Waals surface area (Å²) in [5, 5.41) is 0. The van der Waals surface area contributed by atoms with Crippen LogP contribution in [0.2, 0.25) is 0 Å². The van der Waals surface area contributed by atoms with E-state index in [9.17, 15) is 18.0 Å². The summed E-state index contributed by atoms with van der Waals surface area (Å²) in [6, 6.07) is 4.16. The second-order valence-corrected chi connectivity index (χ2v) is 7.98. The lowest BCUT2D eigenvalue weighted by molar-refractivity contribution is -0.0494. The first-order valence-corrected chi connectivity index (χ1v) is 8.74. The number of nitrogens with zero attached hydrogens (tertiary/aromatic N) is 1. The van der Waals surface area contributed by atoms with Crippen LogP contribution in [0.1, 0.15) is 50.9 Å². The molecule has 0 atom stereocenters. The summed E-state index contributed by atoms with van der Waals surface area (Å²) in [5.74, 6) is -4.03. The summed E-state index contributed by atoms with van der Waals surface area (Å²) >= 11 is 0. The molecule has 2 aliphatic heterocycles. The summed E-state index contributed by atoms with van der Waals surface area (Å²) < 4.78 is 52.8. The van der Waals surface area contributed by atoms with Gasteiger partial charge in [0, 0.05) is 25.9 Å². The second-order valence-electron chi connectivity index (χ2n) is 7.98. The number of alkyl halides is 2. The van der Waals surface area contributed by atoms with Crippen LogP contribution in [-0.4, -0.2) is 48.1 Å². The van der Waals surface area contributed by atoms with E-state index in [-0.39, 0.29) is 18.7 Å². The van der Waals surface area contributed by atoms with Crippen LogP contribution >= 0.6 is 0 Å². The predicted molar refractivity (Wildman–Crippen MR) is 92.2 cm³/mol. The molecule has 1 amide bonds. The summed E-state index contributed by atoms with van der Waals surface area (Å²) in [4.78, 5) is 13.7. The van der Waals surface area contributed by atoms with E-state index in [0.717, 1.165) is 0 Å². The van der Waals surface area contributed by atoms with E-state index < -0.39 is 48.8 Å². The van der Waals surface area contributed by atoms with Crippen LogP contribution in [0.3, 0.4) is 0 Å². The van der Waals surface area contributed by atoms with E-state index in [1.807, 2.05) is 27.7 Å². The number of carbonyl (C=O) groups excluding carboxylic acids is 1. The molecule has 2 aliphatic rings. The van der Waals surface area contributed by atoms with Gasteiger partial charge in [-0.15, -0.1) is 0 Å². The molecule has 2 fully saturated rings. The molecule has 1 aromatic carbocycles. The van der Waals surface area contributed by atoms with Crippen LogP contribution in [0.15, 0.2) is 18.2 Å². The Balaban J connectivity index is 1.75. The molecule has 8 heteroatoms. The van der Waals surface area contributed by atoms with Gasteiger partial charge < -0.3 is 14.2 Å². The van der Waals surface area contributed by atoms with E-state index in [1.165, 1.54) is 17.0 Å². The molecule has 4 nitrogen and oxygen atoms in total. The Bertz CT molecular complexity index is 698. The average molecular weight is 369 g/mol. The van der Waals surface area contributed by atoms with E-state index in [0.29, 0.717) is 5.46 Å². The van der Waals surface area contributed by atoms with Crippen molar-refractivity contribution in [2.75, 3.05) is 13.1 Å². The van der Waals surface area contributed by atoms with Crippen molar-refractivity contribution in [3.63, 3.8) is 0 Å². The molecule has 0 bridgehead atoms. The van der Waals surface area contributed by atoms with E-state index in [2.05, 4.69) is 0 Å². The smallest absolute Gasteiger partial charge is 0.399 e. The first kappa shape index (κ1) is 19.2. The highest BCUT2D eigenvalue weighted by Gasteiger charge is 2.51. The SMILES string of the molecule is CC1(C)OB(c2ccc(C(=O)N3CCC(F)(F)CC3)c(F)c2)OC1(C)C. The van der Waals surface area contributed by atoms with Crippen molar-refractivity contribution < 1.29 is 27.3 Å². The van der Waals surface area contributed by atoms with Crippen molar-refractivity contribution in [2.24, 2.45) is 0 Å². The number of likely N-dealkylation sites (tertiary alicyclic amines) is 1. The van der Waals surface area contributed by atoms with Crippen LogP contribution in [0.4, 0.5) is 13.2 Å². The molecule has 3 rings (SSSR count). The van der Waals surface area contributed by atoms with Gasteiger partial charge >= 0.3 is 7.12 Å². The van der Waals surface area contributed by atoms with Crippen LogP contribution in [0.5, 0.6) is 0 Å². The van der Waals surface area contributed by atoms with Gasteiger partial charge in [-0.3, -0.25) is 4.79 Å². The lowest BCUT2D eigenvalue weighted by Gasteiger charge is -2.32. The summed E-state index contributed by atoms with van der Waals surface area (Å²) in [6.45, 7) is 7.43. The Morgan fingerprint density at radius 2 is 1.62 bits per heavy atom. The molecule has 2 saturated heterocycles. The maximum atomic E-state index is 14.5. The van der Waals surface area contributed by atoms with E-state index >= 15 is 0 Å². The molecule has 26 heavy (non-hydrogen) atoms. The van der Waals surface area contributed by atoms with E-state index in [4.69, 9.17) is 9.31 Å². The largest absolute Gasteiger partial charge is 0.494 e. The van der Waals surface area contributed by atoms with Gasteiger partial charge in [-0.1, -0.05) is 6.07 Å². The van der Waals surface area contributed by atoms with Gasteiger partial charge in [-0.2, -0.15) is 0 Å². The fourth-order valence-corrected chi connectivity index (χ4v) is 3.04. The molecular weight excluding hydrogens is 346 g/mol. The minimum Gasteiger partial charge on any atom is -0.399 e. The Hall–Kier alpha value is -1.54. The van der Waals surface area contributed by atoms with Gasteiger partial charge in [0.2, 0.25) is 0 Å². The number of carbonyl (C=O) groups is 1. The minimum atomic E-state index is -2.75. The second kappa shape index (κ2) is 6.27. The fraction of sp³-hybridized carbons (Fsp3) is 0.611. The standard InChI is InChI=1S/C18H23BF3NO3/c1-16(2)17(3,4)26-19(25-16)12-5-6-13(14(20)11-12)15(24)23-9-7-18(21,22)8-10-23/h5-6,11H,7-10H2,1-4H3. The maximum absolute atomic E-state index is 14.5. The molecule has 0 unspecified atom stereocenters. The Morgan fingerprint density at radius 1 is 1.08 bits per heavy atom. The lowest BCUT2D eigenvalue weighted by atomic mass is 9.78. The van der Waals surface area contributed by atoms with Gasteiger partial charge in [-0.05, 0) is 45.3 Å². The summed E-state index contributed by atoms with van der Waals surface area (Å²) in [5.41, 5.74) is -0.762. The number of piperidine rings is 1. The molecule has 2 heterocycles.